The summed E-state index contributed by atoms with van der Waals surface area (Å²) in [5.41, 5.74) is 3.90. The molecule has 1 aromatic carbocycles. The summed E-state index contributed by atoms with van der Waals surface area (Å²) < 4.78 is 4.15. The van der Waals surface area contributed by atoms with E-state index in [4.69, 9.17) is 4.98 Å². The number of imidazole rings is 1. The lowest BCUT2D eigenvalue weighted by molar-refractivity contribution is 0.116. The summed E-state index contributed by atoms with van der Waals surface area (Å²) in [5.74, 6) is 0. The van der Waals surface area contributed by atoms with E-state index in [1.165, 1.54) is 0 Å². The zero-order valence-electron chi connectivity index (χ0n) is 15.2. The number of hydrogen-bond acceptors (Lipinski definition) is 6. The van der Waals surface area contributed by atoms with Gasteiger partial charge in [0.25, 0.3) is 0 Å². The number of benzene rings is 1. The van der Waals surface area contributed by atoms with Crippen LogP contribution in [0.5, 0.6) is 0 Å². The molecule has 0 bridgehead atoms. The molecule has 2 atom stereocenters. The van der Waals surface area contributed by atoms with Gasteiger partial charge in [0.2, 0.25) is 0 Å². The molecular formula is C20H20BrN5OS. The summed E-state index contributed by atoms with van der Waals surface area (Å²) in [6.07, 6.45) is 7.45. The first-order chi connectivity index (χ1) is 13.7. The van der Waals surface area contributed by atoms with Gasteiger partial charge in [-0.25, -0.2) is 15.0 Å². The van der Waals surface area contributed by atoms with Crippen molar-refractivity contribution in [2.75, 3.05) is 5.32 Å². The minimum Gasteiger partial charge on any atom is -0.391 e. The Labute approximate surface area is 174 Å². The van der Waals surface area contributed by atoms with Gasteiger partial charge in [0.15, 0.2) is 10.8 Å². The van der Waals surface area contributed by atoms with Gasteiger partial charge >= 0.3 is 0 Å². The SMILES string of the molecule is O[C@@H]1CCCC[C@H]1Nc1nc2c(Br)cc(Cn3cnc4cccnc43)cc2s1. The average Bonchev–Trinajstić information content (AvgIpc) is 3.28. The fourth-order valence-electron chi connectivity index (χ4n) is 3.84. The third-order valence-corrected chi connectivity index (χ3v) is 6.81. The van der Waals surface area contributed by atoms with E-state index < -0.39 is 0 Å². The first-order valence-corrected chi connectivity index (χ1v) is 11.1. The molecule has 1 aliphatic rings. The molecule has 0 radical (unpaired) electrons. The van der Waals surface area contributed by atoms with Crippen LogP contribution in [0.4, 0.5) is 5.13 Å². The second kappa shape index (κ2) is 7.42. The molecular weight excluding hydrogens is 438 g/mol. The molecule has 1 aliphatic carbocycles. The molecule has 4 aromatic rings. The number of hydrogen-bond donors (Lipinski definition) is 2. The molecule has 3 aromatic heterocycles. The normalized spacial score (nSPS) is 20.1. The van der Waals surface area contributed by atoms with E-state index in [-0.39, 0.29) is 12.1 Å². The number of nitrogens with one attached hydrogen (secondary N) is 1. The van der Waals surface area contributed by atoms with Crippen LogP contribution in [0, 0.1) is 0 Å². The lowest BCUT2D eigenvalue weighted by atomic mass is 9.93. The van der Waals surface area contributed by atoms with E-state index >= 15 is 0 Å². The maximum absolute atomic E-state index is 10.2. The lowest BCUT2D eigenvalue weighted by Crippen LogP contribution is -2.36. The Morgan fingerprint density at radius 1 is 1.25 bits per heavy atom. The molecule has 0 spiro atoms. The first kappa shape index (κ1) is 18.0. The van der Waals surface area contributed by atoms with Crippen LogP contribution in [0.2, 0.25) is 0 Å². The molecule has 8 heteroatoms. The van der Waals surface area contributed by atoms with Crippen molar-refractivity contribution in [3.63, 3.8) is 0 Å². The van der Waals surface area contributed by atoms with Crippen LogP contribution in [0.25, 0.3) is 21.4 Å². The van der Waals surface area contributed by atoms with Crippen molar-refractivity contribution in [3.8, 4) is 0 Å². The highest BCUT2D eigenvalue weighted by Crippen LogP contribution is 2.34. The van der Waals surface area contributed by atoms with Gasteiger partial charge in [-0.3, -0.25) is 0 Å². The van der Waals surface area contributed by atoms with Crippen molar-refractivity contribution in [1.29, 1.82) is 0 Å². The van der Waals surface area contributed by atoms with Crippen molar-refractivity contribution >= 4 is 53.8 Å². The molecule has 0 saturated heterocycles. The fourth-order valence-corrected chi connectivity index (χ4v) is 5.59. The van der Waals surface area contributed by atoms with Crippen molar-refractivity contribution in [3.05, 3.63) is 46.8 Å². The van der Waals surface area contributed by atoms with Gasteiger partial charge in [0.05, 0.1) is 35.2 Å². The molecule has 5 rings (SSSR count). The first-order valence-electron chi connectivity index (χ1n) is 9.47. The second-order valence-corrected chi connectivity index (χ2v) is 9.15. The molecule has 2 N–H and O–H groups in total. The number of aliphatic hydroxyl groups is 1. The Kier molecular flexibility index (Phi) is 4.78. The van der Waals surface area contributed by atoms with Gasteiger partial charge in [0.1, 0.15) is 5.52 Å². The smallest absolute Gasteiger partial charge is 0.184 e. The van der Waals surface area contributed by atoms with Gasteiger partial charge in [-0.2, -0.15) is 0 Å². The monoisotopic (exact) mass is 457 g/mol. The summed E-state index contributed by atoms with van der Waals surface area (Å²) in [5, 5.41) is 14.5. The highest BCUT2D eigenvalue weighted by atomic mass is 79.9. The number of pyridine rings is 1. The van der Waals surface area contributed by atoms with Crippen LogP contribution >= 0.6 is 27.3 Å². The van der Waals surface area contributed by atoms with Crippen LogP contribution in [0.3, 0.4) is 0 Å². The molecule has 0 unspecified atom stereocenters. The highest BCUT2D eigenvalue weighted by molar-refractivity contribution is 9.10. The molecule has 0 amide bonds. The fraction of sp³-hybridized carbons (Fsp3) is 0.350. The summed E-state index contributed by atoms with van der Waals surface area (Å²) >= 11 is 5.31. The van der Waals surface area contributed by atoms with Crippen LogP contribution < -0.4 is 5.32 Å². The van der Waals surface area contributed by atoms with Gasteiger partial charge in [-0.15, -0.1) is 0 Å². The number of halogens is 1. The van der Waals surface area contributed by atoms with Gasteiger partial charge < -0.3 is 15.0 Å². The number of rotatable bonds is 4. The molecule has 0 aliphatic heterocycles. The number of fused-ring (bicyclic) bond motifs is 2. The lowest BCUT2D eigenvalue weighted by Gasteiger charge is -2.27. The van der Waals surface area contributed by atoms with E-state index in [0.29, 0.717) is 6.54 Å². The Morgan fingerprint density at radius 2 is 2.14 bits per heavy atom. The van der Waals surface area contributed by atoms with E-state index in [9.17, 15) is 5.11 Å². The maximum atomic E-state index is 10.2. The van der Waals surface area contributed by atoms with Gasteiger partial charge in [-0.1, -0.05) is 24.2 Å². The summed E-state index contributed by atoms with van der Waals surface area (Å²) in [6, 6.07) is 8.25. The quantitative estimate of drug-likeness (QED) is 0.469. The van der Waals surface area contributed by atoms with E-state index in [0.717, 1.165) is 62.2 Å². The average molecular weight is 458 g/mol. The standard InChI is InChI=1S/C20H20BrN5OS/c21-13-8-12(10-26-11-23-15-5-3-7-22-19(15)26)9-17-18(13)25-20(28-17)24-14-4-1-2-6-16(14)27/h3,5,7-9,11,14,16,27H,1-2,4,6,10H2,(H,24,25)/t14-,16-/m1/s1. The highest BCUT2D eigenvalue weighted by Gasteiger charge is 2.24. The van der Waals surface area contributed by atoms with Crippen molar-refractivity contribution in [2.24, 2.45) is 0 Å². The van der Waals surface area contributed by atoms with Crippen LogP contribution in [-0.4, -0.2) is 36.8 Å². The summed E-state index contributed by atoms with van der Waals surface area (Å²) in [7, 11) is 0. The Balaban J connectivity index is 1.43. The largest absolute Gasteiger partial charge is 0.391 e. The zero-order chi connectivity index (χ0) is 19.1. The van der Waals surface area contributed by atoms with E-state index in [2.05, 4.69) is 47.9 Å². The Morgan fingerprint density at radius 3 is 3.04 bits per heavy atom. The predicted molar refractivity (Wildman–Crippen MR) is 116 cm³/mol. The number of aromatic nitrogens is 4. The van der Waals surface area contributed by atoms with Crippen molar-refractivity contribution in [1.82, 2.24) is 19.5 Å². The van der Waals surface area contributed by atoms with Gasteiger partial charge in [0, 0.05) is 10.7 Å². The van der Waals surface area contributed by atoms with Crippen LogP contribution in [0.1, 0.15) is 31.2 Å². The third kappa shape index (κ3) is 3.40. The minimum atomic E-state index is -0.290. The molecule has 3 heterocycles. The molecule has 6 nitrogen and oxygen atoms in total. The topological polar surface area (TPSA) is 75.9 Å². The van der Waals surface area contributed by atoms with Crippen molar-refractivity contribution < 1.29 is 5.11 Å². The van der Waals surface area contributed by atoms with E-state index in [1.54, 1.807) is 17.5 Å². The minimum absolute atomic E-state index is 0.0935. The molecule has 1 fully saturated rings. The van der Waals surface area contributed by atoms with Gasteiger partial charge in [-0.05, 0) is 58.6 Å². The number of aliphatic hydroxyl groups excluding tert-OH is 1. The summed E-state index contributed by atoms with van der Waals surface area (Å²) in [6.45, 7) is 0.698. The summed E-state index contributed by atoms with van der Waals surface area (Å²) in [4.78, 5) is 13.6. The number of nitrogens with zero attached hydrogens (tertiary/aromatic N) is 4. The Hall–Kier alpha value is -2.03. The van der Waals surface area contributed by atoms with E-state index in [1.807, 2.05) is 18.5 Å². The number of anilines is 1. The second-order valence-electron chi connectivity index (χ2n) is 7.26. The van der Waals surface area contributed by atoms with Crippen molar-refractivity contribution in [2.45, 2.75) is 44.4 Å². The Bertz CT molecular complexity index is 1140. The third-order valence-electron chi connectivity index (χ3n) is 5.27. The predicted octanol–water partition coefficient (Wildman–Crippen LogP) is 4.57. The zero-order valence-corrected chi connectivity index (χ0v) is 17.6. The molecule has 1 saturated carbocycles. The number of thiazole rings is 1. The van der Waals surface area contributed by atoms with Crippen LogP contribution in [-0.2, 0) is 6.54 Å². The van der Waals surface area contributed by atoms with Crippen LogP contribution in [0.15, 0.2) is 41.3 Å². The molecule has 28 heavy (non-hydrogen) atoms. The maximum Gasteiger partial charge on any atom is 0.184 e. The molecule has 144 valence electrons.